The highest BCUT2D eigenvalue weighted by molar-refractivity contribution is 8.00. The molecule has 4 nitrogen and oxygen atoms in total. The van der Waals surface area contributed by atoms with Gasteiger partial charge in [-0.25, -0.2) is 5.43 Å². The molecule has 0 atom stereocenters. The van der Waals surface area contributed by atoms with Crippen LogP contribution >= 0.6 is 11.8 Å². The molecule has 1 saturated heterocycles. The number of aliphatic hydroxyl groups excluding tert-OH is 1. The Morgan fingerprint density at radius 1 is 1.82 bits per heavy atom. The van der Waals surface area contributed by atoms with Gasteiger partial charge < -0.3 is 5.11 Å². The van der Waals surface area contributed by atoms with E-state index in [1.54, 1.807) is 11.8 Å². The summed E-state index contributed by atoms with van der Waals surface area (Å²) in [6.07, 6.45) is 0.941. The second kappa shape index (κ2) is 4.35. The number of amides is 1. The predicted molar refractivity (Wildman–Crippen MR) is 44.6 cm³/mol. The highest BCUT2D eigenvalue weighted by Crippen LogP contribution is 2.13. The van der Waals surface area contributed by atoms with Crippen LogP contribution in [0.5, 0.6) is 0 Å². The Hall–Kier alpha value is -0.550. The summed E-state index contributed by atoms with van der Waals surface area (Å²) < 4.78 is 0. The number of nitrogens with one attached hydrogen (secondary N) is 1. The maximum Gasteiger partial charge on any atom is 0.265 e. The Bertz CT molecular complexity index is 173. The summed E-state index contributed by atoms with van der Waals surface area (Å²) in [5, 5.41) is 12.2. The van der Waals surface area contributed by atoms with E-state index in [-0.39, 0.29) is 0 Å². The average Bonchev–Trinajstić information content (AvgIpc) is 2.52. The van der Waals surface area contributed by atoms with Crippen LogP contribution in [-0.4, -0.2) is 34.8 Å². The molecular weight excluding hydrogens is 164 g/mol. The number of rotatable bonds is 2. The summed E-state index contributed by atoms with van der Waals surface area (Å²) in [5.74, 6) is 1.52. The van der Waals surface area contributed by atoms with Crippen molar-refractivity contribution in [3.8, 4) is 0 Å². The van der Waals surface area contributed by atoms with E-state index in [0.717, 1.165) is 23.6 Å². The lowest BCUT2D eigenvalue weighted by molar-refractivity contribution is -0.123. The third kappa shape index (κ3) is 2.90. The molecule has 1 aliphatic rings. The van der Waals surface area contributed by atoms with Crippen molar-refractivity contribution in [2.75, 3.05) is 18.1 Å². The van der Waals surface area contributed by atoms with E-state index in [0.29, 0.717) is 0 Å². The van der Waals surface area contributed by atoms with Crippen LogP contribution in [-0.2, 0) is 4.79 Å². The van der Waals surface area contributed by atoms with Gasteiger partial charge in [0.2, 0.25) is 0 Å². The summed E-state index contributed by atoms with van der Waals surface area (Å²) in [7, 11) is 0. The van der Waals surface area contributed by atoms with Crippen LogP contribution in [0.25, 0.3) is 0 Å². The minimum absolute atomic E-state index is 0.450. The normalized spacial score (nSPS) is 20.6. The zero-order valence-electron chi connectivity index (χ0n) is 6.04. The van der Waals surface area contributed by atoms with Crippen LogP contribution < -0.4 is 5.43 Å². The van der Waals surface area contributed by atoms with Gasteiger partial charge in [0.15, 0.2) is 0 Å². The molecule has 0 saturated carbocycles. The Kier molecular flexibility index (Phi) is 3.38. The highest BCUT2D eigenvalue weighted by Gasteiger charge is 2.08. The minimum atomic E-state index is -0.496. The second-order valence-electron chi connectivity index (χ2n) is 2.17. The average molecular weight is 174 g/mol. The molecule has 0 aromatic rings. The summed E-state index contributed by atoms with van der Waals surface area (Å²) in [5.41, 5.74) is 3.26. The van der Waals surface area contributed by atoms with Gasteiger partial charge in [-0.3, -0.25) is 4.79 Å². The van der Waals surface area contributed by atoms with Gasteiger partial charge >= 0.3 is 0 Å². The first-order chi connectivity index (χ1) is 5.33. The number of hydrazone groups is 1. The van der Waals surface area contributed by atoms with Crippen molar-refractivity contribution in [3.63, 3.8) is 0 Å². The van der Waals surface area contributed by atoms with E-state index in [1.807, 2.05) is 0 Å². The Morgan fingerprint density at radius 2 is 2.64 bits per heavy atom. The fourth-order valence-corrected chi connectivity index (χ4v) is 1.69. The lowest BCUT2D eigenvalue weighted by atomic mass is 10.3. The van der Waals surface area contributed by atoms with Crippen LogP contribution in [0.3, 0.4) is 0 Å². The van der Waals surface area contributed by atoms with Gasteiger partial charge in [-0.2, -0.15) is 16.9 Å². The third-order valence-electron chi connectivity index (χ3n) is 1.29. The summed E-state index contributed by atoms with van der Waals surface area (Å²) in [6.45, 7) is -0.496. The number of aliphatic hydroxyl groups is 1. The molecule has 11 heavy (non-hydrogen) atoms. The first-order valence-corrected chi connectivity index (χ1v) is 4.51. The van der Waals surface area contributed by atoms with E-state index in [4.69, 9.17) is 5.11 Å². The number of thioether (sulfide) groups is 1. The first-order valence-electron chi connectivity index (χ1n) is 3.36. The van der Waals surface area contributed by atoms with Crippen LogP contribution in [0.2, 0.25) is 0 Å². The number of carbonyl (C=O) groups is 1. The van der Waals surface area contributed by atoms with Crippen LogP contribution in [0, 0.1) is 0 Å². The molecule has 0 radical (unpaired) electrons. The van der Waals surface area contributed by atoms with E-state index in [1.165, 1.54) is 0 Å². The van der Waals surface area contributed by atoms with Gasteiger partial charge in [0.05, 0.1) is 0 Å². The Morgan fingerprint density at radius 3 is 3.18 bits per heavy atom. The summed E-state index contributed by atoms with van der Waals surface area (Å²) >= 11 is 1.80. The van der Waals surface area contributed by atoms with Crippen LogP contribution in [0.1, 0.15) is 6.42 Å². The van der Waals surface area contributed by atoms with Gasteiger partial charge in [0.1, 0.15) is 6.61 Å². The van der Waals surface area contributed by atoms with Gasteiger partial charge in [-0.05, 0) is 12.2 Å². The van der Waals surface area contributed by atoms with Crippen LogP contribution in [0.15, 0.2) is 5.10 Å². The summed E-state index contributed by atoms with van der Waals surface area (Å²) in [6, 6.07) is 0. The molecule has 62 valence electrons. The van der Waals surface area contributed by atoms with Crippen molar-refractivity contribution in [2.45, 2.75) is 6.42 Å². The number of hydrogen-bond acceptors (Lipinski definition) is 4. The Labute approximate surface area is 69.1 Å². The van der Waals surface area contributed by atoms with E-state index < -0.39 is 12.5 Å². The van der Waals surface area contributed by atoms with Gasteiger partial charge in [0, 0.05) is 11.5 Å². The van der Waals surface area contributed by atoms with Crippen molar-refractivity contribution in [2.24, 2.45) is 5.10 Å². The lowest BCUT2D eigenvalue weighted by Gasteiger charge is -1.95. The van der Waals surface area contributed by atoms with Crippen molar-refractivity contribution < 1.29 is 9.90 Å². The molecule has 1 amide bonds. The van der Waals surface area contributed by atoms with Crippen molar-refractivity contribution >= 4 is 23.4 Å². The van der Waals surface area contributed by atoms with Gasteiger partial charge in [-0.1, -0.05) is 0 Å². The molecule has 0 bridgehead atoms. The summed E-state index contributed by atoms with van der Waals surface area (Å²) in [4.78, 5) is 10.5. The van der Waals surface area contributed by atoms with Crippen molar-refractivity contribution in [1.82, 2.24) is 5.43 Å². The van der Waals surface area contributed by atoms with Crippen molar-refractivity contribution in [3.05, 3.63) is 0 Å². The largest absolute Gasteiger partial charge is 0.386 e. The van der Waals surface area contributed by atoms with E-state index >= 15 is 0 Å². The van der Waals surface area contributed by atoms with E-state index in [2.05, 4.69) is 10.5 Å². The molecule has 1 rings (SSSR count). The van der Waals surface area contributed by atoms with Crippen LogP contribution in [0.4, 0.5) is 0 Å². The lowest BCUT2D eigenvalue weighted by Crippen LogP contribution is -2.22. The highest BCUT2D eigenvalue weighted by atomic mass is 32.2. The fraction of sp³-hybridized carbons (Fsp3) is 0.667. The second-order valence-corrected chi connectivity index (χ2v) is 3.28. The molecular formula is C6H10N2O2S. The smallest absolute Gasteiger partial charge is 0.265 e. The molecule has 1 fully saturated rings. The third-order valence-corrected chi connectivity index (χ3v) is 2.32. The SMILES string of the molecule is O=C(CO)N/N=C1/CCSC1. The molecule has 0 aromatic carbocycles. The molecule has 0 aromatic heterocycles. The topological polar surface area (TPSA) is 61.7 Å². The maximum atomic E-state index is 10.5. The molecule has 2 N–H and O–H groups in total. The fourth-order valence-electron chi connectivity index (χ4n) is 0.717. The molecule has 1 aliphatic heterocycles. The van der Waals surface area contributed by atoms with Gasteiger partial charge in [0.25, 0.3) is 5.91 Å². The number of hydrogen-bond donors (Lipinski definition) is 2. The minimum Gasteiger partial charge on any atom is -0.386 e. The Balaban J connectivity index is 2.28. The molecule has 0 spiro atoms. The predicted octanol–water partition coefficient (Wildman–Crippen LogP) is -0.412. The molecule has 1 heterocycles. The maximum absolute atomic E-state index is 10.5. The van der Waals surface area contributed by atoms with E-state index in [9.17, 15) is 4.79 Å². The zero-order chi connectivity index (χ0) is 8.10. The standard InChI is InChI=1S/C6H10N2O2S/c9-3-6(10)8-7-5-1-2-11-4-5/h9H,1-4H2,(H,8,10)/b7-5-. The molecule has 0 aliphatic carbocycles. The quantitative estimate of drug-likeness (QED) is 0.559. The van der Waals surface area contributed by atoms with Gasteiger partial charge in [-0.15, -0.1) is 0 Å². The molecule has 5 heteroatoms. The first kappa shape index (κ1) is 8.55. The zero-order valence-corrected chi connectivity index (χ0v) is 6.86. The monoisotopic (exact) mass is 174 g/mol. The number of carbonyl (C=O) groups excluding carboxylic acids is 1. The number of nitrogens with zero attached hydrogens (tertiary/aromatic N) is 1. The molecule has 0 unspecified atom stereocenters. The van der Waals surface area contributed by atoms with Crippen molar-refractivity contribution in [1.29, 1.82) is 0 Å².